The topological polar surface area (TPSA) is 78.4 Å². The van der Waals surface area contributed by atoms with Gasteiger partial charge in [-0.05, 0) is 49.6 Å². The zero-order chi connectivity index (χ0) is 18.2. The number of hydrogen-bond acceptors (Lipinski definition) is 3. The van der Waals surface area contributed by atoms with E-state index in [1.54, 1.807) is 0 Å². The molecule has 3 N–H and O–H groups in total. The van der Waals surface area contributed by atoms with Gasteiger partial charge in [-0.25, -0.2) is 0 Å². The van der Waals surface area contributed by atoms with Crippen molar-refractivity contribution in [1.29, 1.82) is 0 Å². The van der Waals surface area contributed by atoms with Gasteiger partial charge in [0.25, 0.3) is 0 Å². The van der Waals surface area contributed by atoms with Crippen LogP contribution in [0.15, 0.2) is 48.5 Å². The molecular weight excluding hydrogens is 316 g/mol. The van der Waals surface area contributed by atoms with Crippen molar-refractivity contribution < 1.29 is 14.7 Å². The summed E-state index contributed by atoms with van der Waals surface area (Å²) in [6, 6.07) is 14.7. The summed E-state index contributed by atoms with van der Waals surface area (Å²) < 4.78 is 0. The number of carboxylic acid groups (broad SMARTS) is 1. The Morgan fingerprint density at radius 3 is 2.48 bits per heavy atom. The Kier molecular flexibility index (Phi) is 6.71. The van der Waals surface area contributed by atoms with Gasteiger partial charge in [-0.3, -0.25) is 9.59 Å². The van der Waals surface area contributed by atoms with E-state index in [1.807, 2.05) is 62.4 Å². The number of amides is 1. The van der Waals surface area contributed by atoms with Crippen LogP contribution in [0.1, 0.15) is 23.1 Å². The number of aliphatic carboxylic acids is 1. The third-order valence-corrected chi connectivity index (χ3v) is 4.00. The first-order valence-corrected chi connectivity index (χ1v) is 8.33. The predicted molar refractivity (Wildman–Crippen MR) is 98.7 cm³/mol. The maximum atomic E-state index is 12.2. The van der Waals surface area contributed by atoms with E-state index in [1.165, 1.54) is 0 Å². The molecule has 5 heteroatoms. The second kappa shape index (κ2) is 8.99. The van der Waals surface area contributed by atoms with Gasteiger partial charge in [0.1, 0.15) is 6.04 Å². The molecule has 0 aliphatic rings. The van der Waals surface area contributed by atoms with Crippen molar-refractivity contribution in [2.45, 2.75) is 32.7 Å². The van der Waals surface area contributed by atoms with Crippen LogP contribution in [0.5, 0.6) is 0 Å². The number of anilines is 1. The lowest BCUT2D eigenvalue weighted by Crippen LogP contribution is -2.40. The minimum Gasteiger partial charge on any atom is -0.480 e. The molecule has 2 aromatic carbocycles. The number of carbonyl (C=O) groups is 2. The molecule has 0 aromatic heterocycles. The highest BCUT2D eigenvalue weighted by Gasteiger charge is 2.20. The van der Waals surface area contributed by atoms with E-state index in [9.17, 15) is 14.7 Å². The monoisotopic (exact) mass is 340 g/mol. The zero-order valence-electron chi connectivity index (χ0n) is 14.6. The molecule has 0 fully saturated rings. The summed E-state index contributed by atoms with van der Waals surface area (Å²) in [6.07, 6.45) is 0.598. The highest BCUT2D eigenvalue weighted by molar-refractivity contribution is 5.94. The molecule has 0 saturated heterocycles. The van der Waals surface area contributed by atoms with Crippen molar-refractivity contribution in [3.63, 3.8) is 0 Å². The number of hydrogen-bond donors (Lipinski definition) is 3. The smallest absolute Gasteiger partial charge is 0.321 e. The summed E-state index contributed by atoms with van der Waals surface area (Å²) in [5, 5.41) is 15.1. The van der Waals surface area contributed by atoms with Crippen LogP contribution >= 0.6 is 0 Å². The van der Waals surface area contributed by atoms with Crippen LogP contribution in [0.4, 0.5) is 5.69 Å². The van der Waals surface area contributed by atoms with Crippen molar-refractivity contribution in [2.75, 3.05) is 11.9 Å². The minimum atomic E-state index is -1.02. The van der Waals surface area contributed by atoms with E-state index in [4.69, 9.17) is 0 Å². The molecule has 0 heterocycles. The predicted octanol–water partition coefficient (Wildman–Crippen LogP) is 2.92. The zero-order valence-corrected chi connectivity index (χ0v) is 14.6. The Balaban J connectivity index is 1.88. The lowest BCUT2D eigenvalue weighted by Gasteiger charge is -2.15. The maximum absolute atomic E-state index is 12.2. The van der Waals surface area contributed by atoms with Crippen LogP contribution in [-0.4, -0.2) is 29.6 Å². The molecule has 0 saturated carbocycles. The highest BCUT2D eigenvalue weighted by Crippen LogP contribution is 2.16. The number of carboxylic acids is 1. The molecule has 0 bridgehead atoms. The SMILES string of the molecule is Cc1ccc(C)c(NC(=O)CC(NCCc2ccccc2)C(=O)O)c1. The van der Waals surface area contributed by atoms with Crippen LogP contribution in [0.25, 0.3) is 0 Å². The van der Waals surface area contributed by atoms with Gasteiger partial charge in [0, 0.05) is 5.69 Å². The van der Waals surface area contributed by atoms with Gasteiger partial charge in [0.2, 0.25) is 5.91 Å². The van der Waals surface area contributed by atoms with E-state index >= 15 is 0 Å². The molecule has 0 radical (unpaired) electrons. The Hall–Kier alpha value is -2.66. The average Bonchev–Trinajstić information content (AvgIpc) is 2.58. The third-order valence-electron chi connectivity index (χ3n) is 4.00. The number of benzene rings is 2. The number of aryl methyl sites for hydroxylation is 2. The van der Waals surface area contributed by atoms with Gasteiger partial charge in [-0.15, -0.1) is 0 Å². The quantitative estimate of drug-likeness (QED) is 0.690. The molecular formula is C20H24N2O3. The molecule has 1 amide bonds. The molecule has 0 aliphatic carbocycles. The van der Waals surface area contributed by atoms with Gasteiger partial charge in [-0.2, -0.15) is 0 Å². The Morgan fingerprint density at radius 1 is 1.08 bits per heavy atom. The van der Waals surface area contributed by atoms with Crippen molar-refractivity contribution in [2.24, 2.45) is 0 Å². The first-order chi connectivity index (χ1) is 12.0. The minimum absolute atomic E-state index is 0.114. The van der Waals surface area contributed by atoms with Gasteiger partial charge < -0.3 is 15.7 Å². The molecule has 1 unspecified atom stereocenters. The largest absolute Gasteiger partial charge is 0.480 e. The van der Waals surface area contributed by atoms with Gasteiger partial charge >= 0.3 is 5.97 Å². The molecule has 1 atom stereocenters. The fourth-order valence-electron chi connectivity index (χ4n) is 2.54. The highest BCUT2D eigenvalue weighted by atomic mass is 16.4. The van der Waals surface area contributed by atoms with E-state index in [0.29, 0.717) is 13.0 Å². The number of rotatable bonds is 8. The second-order valence-corrected chi connectivity index (χ2v) is 6.15. The summed E-state index contributed by atoms with van der Waals surface area (Å²) in [7, 11) is 0. The normalized spacial score (nSPS) is 11.8. The fraction of sp³-hybridized carbons (Fsp3) is 0.300. The molecule has 2 rings (SSSR count). The second-order valence-electron chi connectivity index (χ2n) is 6.15. The van der Waals surface area contributed by atoms with Crippen LogP contribution in [-0.2, 0) is 16.0 Å². The lowest BCUT2D eigenvalue weighted by atomic mass is 10.1. The Morgan fingerprint density at radius 2 is 1.80 bits per heavy atom. The standard InChI is InChI=1S/C20H24N2O3/c1-14-8-9-15(2)17(12-14)22-19(23)13-18(20(24)25)21-11-10-16-6-4-3-5-7-16/h3-9,12,18,21H,10-11,13H2,1-2H3,(H,22,23)(H,24,25). The van der Waals surface area contributed by atoms with Crippen molar-refractivity contribution in [3.05, 3.63) is 65.2 Å². The summed E-state index contributed by atoms with van der Waals surface area (Å²) in [4.78, 5) is 23.6. The number of carbonyl (C=O) groups excluding carboxylic acids is 1. The van der Waals surface area contributed by atoms with Crippen LogP contribution < -0.4 is 10.6 Å². The van der Waals surface area contributed by atoms with Crippen LogP contribution in [0, 0.1) is 13.8 Å². The lowest BCUT2D eigenvalue weighted by molar-refractivity contribution is -0.141. The van der Waals surface area contributed by atoms with Gasteiger partial charge in [0.15, 0.2) is 0 Å². The molecule has 5 nitrogen and oxygen atoms in total. The molecule has 0 spiro atoms. The summed E-state index contributed by atoms with van der Waals surface area (Å²) in [5.41, 5.74) is 3.83. The average molecular weight is 340 g/mol. The van der Waals surface area contributed by atoms with E-state index in [0.717, 1.165) is 22.4 Å². The van der Waals surface area contributed by atoms with Gasteiger partial charge in [-0.1, -0.05) is 42.5 Å². The summed E-state index contributed by atoms with van der Waals surface area (Å²) in [6.45, 7) is 4.35. The Labute approximate surface area is 148 Å². The summed E-state index contributed by atoms with van der Waals surface area (Å²) in [5.74, 6) is -1.34. The van der Waals surface area contributed by atoms with E-state index in [2.05, 4.69) is 10.6 Å². The molecule has 132 valence electrons. The first-order valence-electron chi connectivity index (χ1n) is 8.33. The van der Waals surface area contributed by atoms with Crippen LogP contribution in [0.3, 0.4) is 0 Å². The van der Waals surface area contributed by atoms with Crippen LogP contribution in [0.2, 0.25) is 0 Å². The van der Waals surface area contributed by atoms with Crippen molar-refractivity contribution >= 4 is 17.6 Å². The molecule has 25 heavy (non-hydrogen) atoms. The van der Waals surface area contributed by atoms with Gasteiger partial charge in [0.05, 0.1) is 6.42 Å². The van der Waals surface area contributed by atoms with Crippen molar-refractivity contribution in [1.82, 2.24) is 5.32 Å². The Bertz CT molecular complexity index is 729. The summed E-state index contributed by atoms with van der Waals surface area (Å²) >= 11 is 0. The molecule has 0 aliphatic heterocycles. The number of nitrogens with one attached hydrogen (secondary N) is 2. The first kappa shape index (κ1) is 18.7. The van der Waals surface area contributed by atoms with Crippen molar-refractivity contribution in [3.8, 4) is 0 Å². The third kappa shape index (κ3) is 6.04. The van der Waals surface area contributed by atoms with E-state index in [-0.39, 0.29) is 12.3 Å². The maximum Gasteiger partial charge on any atom is 0.321 e. The van der Waals surface area contributed by atoms with E-state index < -0.39 is 12.0 Å². The molecule has 2 aromatic rings. The fourth-order valence-corrected chi connectivity index (χ4v) is 2.54.